The zero-order chi connectivity index (χ0) is 16.5. The van der Waals surface area contributed by atoms with E-state index in [4.69, 9.17) is 0 Å². The standard InChI is InChI=1S/C18H20N6/c1-13-4-3-5-15-17(13)18(21-12-20-15)24-10-8-23(9-11-24)16-6-7-19-14(2)22-16/h3-7,12H,8-11H2,1-2H3. The molecule has 1 aromatic carbocycles. The number of rotatable bonds is 2. The monoisotopic (exact) mass is 320 g/mol. The van der Waals surface area contributed by atoms with Gasteiger partial charge in [-0.1, -0.05) is 12.1 Å². The topological polar surface area (TPSA) is 58.0 Å². The Labute approximate surface area is 141 Å². The molecule has 24 heavy (non-hydrogen) atoms. The lowest BCUT2D eigenvalue weighted by atomic mass is 10.1. The van der Waals surface area contributed by atoms with Gasteiger partial charge in [0, 0.05) is 37.8 Å². The van der Waals surface area contributed by atoms with Crippen molar-refractivity contribution in [3.05, 3.63) is 48.2 Å². The maximum absolute atomic E-state index is 4.57. The van der Waals surface area contributed by atoms with E-state index >= 15 is 0 Å². The van der Waals surface area contributed by atoms with Gasteiger partial charge in [-0.05, 0) is 31.5 Å². The van der Waals surface area contributed by atoms with E-state index in [0.717, 1.165) is 54.5 Å². The minimum absolute atomic E-state index is 0.812. The fourth-order valence-electron chi connectivity index (χ4n) is 3.27. The highest BCUT2D eigenvalue weighted by molar-refractivity contribution is 5.92. The predicted octanol–water partition coefficient (Wildman–Crippen LogP) is 2.36. The molecule has 0 bridgehead atoms. The van der Waals surface area contributed by atoms with Crippen LogP contribution in [-0.2, 0) is 0 Å². The first-order valence-electron chi connectivity index (χ1n) is 8.22. The fraction of sp³-hybridized carbons (Fsp3) is 0.333. The van der Waals surface area contributed by atoms with E-state index in [1.54, 1.807) is 6.33 Å². The SMILES string of the molecule is Cc1nccc(N2CCN(c3ncnc4cccc(C)c34)CC2)n1. The van der Waals surface area contributed by atoms with Crippen LogP contribution in [0.3, 0.4) is 0 Å². The number of anilines is 2. The molecule has 3 heterocycles. The van der Waals surface area contributed by atoms with Gasteiger partial charge in [-0.2, -0.15) is 0 Å². The number of fused-ring (bicyclic) bond motifs is 1. The van der Waals surface area contributed by atoms with Crippen molar-refractivity contribution in [1.82, 2.24) is 19.9 Å². The summed E-state index contributed by atoms with van der Waals surface area (Å²) in [6, 6.07) is 8.19. The maximum Gasteiger partial charge on any atom is 0.140 e. The molecule has 1 aliphatic rings. The number of aryl methyl sites for hydroxylation is 2. The molecule has 0 unspecified atom stereocenters. The molecule has 1 saturated heterocycles. The summed E-state index contributed by atoms with van der Waals surface area (Å²) in [5, 5.41) is 1.16. The molecule has 0 atom stereocenters. The Morgan fingerprint density at radius 3 is 2.46 bits per heavy atom. The summed E-state index contributed by atoms with van der Waals surface area (Å²) in [4.78, 5) is 22.3. The Kier molecular flexibility index (Phi) is 3.72. The molecular formula is C18H20N6. The van der Waals surface area contributed by atoms with Gasteiger partial charge < -0.3 is 9.80 Å². The molecule has 0 N–H and O–H groups in total. The van der Waals surface area contributed by atoms with E-state index in [-0.39, 0.29) is 0 Å². The lowest BCUT2D eigenvalue weighted by molar-refractivity contribution is 0.641. The van der Waals surface area contributed by atoms with Crippen molar-refractivity contribution in [2.75, 3.05) is 36.0 Å². The number of benzene rings is 1. The van der Waals surface area contributed by atoms with E-state index in [1.807, 2.05) is 31.3 Å². The van der Waals surface area contributed by atoms with Crippen LogP contribution >= 0.6 is 0 Å². The van der Waals surface area contributed by atoms with Crippen molar-refractivity contribution >= 4 is 22.5 Å². The second-order valence-electron chi connectivity index (χ2n) is 6.10. The Balaban J connectivity index is 1.58. The first-order chi connectivity index (χ1) is 11.7. The molecule has 0 aliphatic carbocycles. The van der Waals surface area contributed by atoms with Crippen LogP contribution in [0, 0.1) is 13.8 Å². The van der Waals surface area contributed by atoms with E-state index in [1.165, 1.54) is 5.56 Å². The van der Waals surface area contributed by atoms with E-state index in [0.29, 0.717) is 0 Å². The molecule has 0 spiro atoms. The van der Waals surface area contributed by atoms with Gasteiger partial charge in [-0.15, -0.1) is 0 Å². The van der Waals surface area contributed by atoms with Gasteiger partial charge in [0.25, 0.3) is 0 Å². The summed E-state index contributed by atoms with van der Waals surface area (Å²) < 4.78 is 0. The third-order valence-corrected chi connectivity index (χ3v) is 4.52. The van der Waals surface area contributed by atoms with Crippen molar-refractivity contribution in [3.63, 3.8) is 0 Å². The van der Waals surface area contributed by atoms with Gasteiger partial charge in [0.2, 0.25) is 0 Å². The number of hydrogen-bond acceptors (Lipinski definition) is 6. The molecule has 2 aromatic heterocycles. The highest BCUT2D eigenvalue weighted by atomic mass is 15.3. The Morgan fingerprint density at radius 1 is 0.875 bits per heavy atom. The average molecular weight is 320 g/mol. The lowest BCUT2D eigenvalue weighted by Crippen LogP contribution is -2.47. The predicted molar refractivity (Wildman–Crippen MR) is 95.5 cm³/mol. The molecule has 6 nitrogen and oxygen atoms in total. The minimum atomic E-state index is 0.812. The lowest BCUT2D eigenvalue weighted by Gasteiger charge is -2.36. The highest BCUT2D eigenvalue weighted by Crippen LogP contribution is 2.27. The van der Waals surface area contributed by atoms with Gasteiger partial charge in [-0.3, -0.25) is 0 Å². The van der Waals surface area contributed by atoms with Gasteiger partial charge in [-0.25, -0.2) is 19.9 Å². The number of hydrogen-bond donors (Lipinski definition) is 0. The van der Waals surface area contributed by atoms with Crippen molar-refractivity contribution < 1.29 is 0 Å². The molecule has 6 heteroatoms. The molecule has 3 aromatic rings. The zero-order valence-electron chi connectivity index (χ0n) is 14.0. The van der Waals surface area contributed by atoms with Crippen molar-refractivity contribution in [2.24, 2.45) is 0 Å². The fourth-order valence-corrected chi connectivity index (χ4v) is 3.27. The maximum atomic E-state index is 4.57. The summed E-state index contributed by atoms with van der Waals surface area (Å²) in [7, 11) is 0. The van der Waals surface area contributed by atoms with Gasteiger partial charge in [0.1, 0.15) is 23.8 Å². The molecular weight excluding hydrogens is 300 g/mol. The highest BCUT2D eigenvalue weighted by Gasteiger charge is 2.21. The number of nitrogens with zero attached hydrogens (tertiary/aromatic N) is 6. The second kappa shape index (κ2) is 6.03. The Morgan fingerprint density at radius 2 is 1.67 bits per heavy atom. The van der Waals surface area contributed by atoms with Crippen LogP contribution in [0.2, 0.25) is 0 Å². The molecule has 4 rings (SSSR count). The quantitative estimate of drug-likeness (QED) is 0.722. The summed E-state index contributed by atoms with van der Waals surface area (Å²) in [5.74, 6) is 2.86. The Bertz CT molecular complexity index is 865. The van der Waals surface area contributed by atoms with E-state index < -0.39 is 0 Å². The van der Waals surface area contributed by atoms with Crippen LogP contribution in [0.25, 0.3) is 10.9 Å². The zero-order valence-corrected chi connectivity index (χ0v) is 14.0. The molecule has 0 amide bonds. The normalized spacial score (nSPS) is 15.1. The smallest absolute Gasteiger partial charge is 0.140 e. The molecule has 0 radical (unpaired) electrons. The first kappa shape index (κ1) is 14.8. The van der Waals surface area contributed by atoms with Gasteiger partial charge in [0.05, 0.1) is 5.52 Å². The Hall–Kier alpha value is -2.76. The van der Waals surface area contributed by atoms with Crippen LogP contribution in [0.1, 0.15) is 11.4 Å². The first-order valence-corrected chi connectivity index (χ1v) is 8.22. The largest absolute Gasteiger partial charge is 0.353 e. The van der Waals surface area contributed by atoms with Crippen molar-refractivity contribution in [3.8, 4) is 0 Å². The minimum Gasteiger partial charge on any atom is -0.353 e. The summed E-state index contributed by atoms with van der Waals surface area (Å²) in [6.45, 7) is 7.74. The number of piperazine rings is 1. The second-order valence-corrected chi connectivity index (χ2v) is 6.10. The average Bonchev–Trinajstić information content (AvgIpc) is 2.62. The summed E-state index contributed by atoms with van der Waals surface area (Å²) in [6.07, 6.45) is 3.49. The van der Waals surface area contributed by atoms with Crippen LogP contribution in [0.15, 0.2) is 36.8 Å². The van der Waals surface area contributed by atoms with Crippen molar-refractivity contribution in [1.29, 1.82) is 0 Å². The van der Waals surface area contributed by atoms with Crippen LogP contribution in [0.4, 0.5) is 11.6 Å². The molecule has 122 valence electrons. The molecule has 1 aliphatic heterocycles. The van der Waals surface area contributed by atoms with Crippen LogP contribution in [0.5, 0.6) is 0 Å². The van der Waals surface area contributed by atoms with E-state index in [9.17, 15) is 0 Å². The van der Waals surface area contributed by atoms with Gasteiger partial charge in [0.15, 0.2) is 0 Å². The third-order valence-electron chi connectivity index (χ3n) is 4.52. The summed E-state index contributed by atoms with van der Waals surface area (Å²) >= 11 is 0. The molecule has 1 fully saturated rings. The van der Waals surface area contributed by atoms with Gasteiger partial charge >= 0.3 is 0 Å². The van der Waals surface area contributed by atoms with Crippen LogP contribution in [-0.4, -0.2) is 46.1 Å². The summed E-state index contributed by atoms with van der Waals surface area (Å²) in [5.41, 5.74) is 2.23. The third kappa shape index (κ3) is 2.64. The number of aromatic nitrogens is 4. The van der Waals surface area contributed by atoms with Crippen molar-refractivity contribution in [2.45, 2.75) is 13.8 Å². The van der Waals surface area contributed by atoms with E-state index in [2.05, 4.69) is 42.7 Å². The van der Waals surface area contributed by atoms with Crippen LogP contribution < -0.4 is 9.80 Å². The molecule has 0 saturated carbocycles.